The van der Waals surface area contributed by atoms with Crippen molar-refractivity contribution >= 4 is 34.0 Å². The van der Waals surface area contributed by atoms with Gasteiger partial charge in [0.05, 0.1) is 11.4 Å². The van der Waals surface area contributed by atoms with Gasteiger partial charge in [-0.2, -0.15) is 0 Å². The molecule has 0 saturated heterocycles. The number of carbonyl (C=O) groups is 1. The van der Waals surface area contributed by atoms with Crippen LogP contribution in [0.15, 0.2) is 78.4 Å². The molecule has 0 unspecified atom stereocenters. The van der Waals surface area contributed by atoms with E-state index in [9.17, 15) is 4.79 Å². The second-order valence-corrected chi connectivity index (χ2v) is 6.37. The number of aromatic nitrogens is 2. The molecule has 0 aliphatic carbocycles. The first-order chi connectivity index (χ1) is 12.3. The molecule has 1 N–H and O–H groups in total. The van der Waals surface area contributed by atoms with Crippen LogP contribution in [0.5, 0.6) is 0 Å². The number of hydrogen-bond acceptors (Lipinski definition) is 3. The molecule has 4 rings (SSSR count). The van der Waals surface area contributed by atoms with E-state index in [1.54, 1.807) is 17.4 Å². The highest BCUT2D eigenvalue weighted by molar-refractivity contribution is 7.15. The molecule has 2 heterocycles. The summed E-state index contributed by atoms with van der Waals surface area (Å²) in [5, 5.41) is 4.94. The number of rotatable bonds is 4. The third kappa shape index (κ3) is 3.36. The molecule has 1 amide bonds. The van der Waals surface area contributed by atoms with E-state index < -0.39 is 0 Å². The molecule has 0 bridgehead atoms. The average Bonchev–Trinajstić information content (AvgIpc) is 3.23. The maximum absolute atomic E-state index is 12.3. The van der Waals surface area contributed by atoms with Gasteiger partial charge >= 0.3 is 0 Å². The van der Waals surface area contributed by atoms with Crippen LogP contribution in [0.25, 0.3) is 22.3 Å². The Morgan fingerprint density at radius 1 is 1.08 bits per heavy atom. The van der Waals surface area contributed by atoms with E-state index in [0.29, 0.717) is 0 Å². The molecule has 0 atom stereocenters. The SMILES string of the molecule is O=C(/C=C/c1ccccc1)Nc1ccccc1-c1cn2ccsc2n1. The van der Waals surface area contributed by atoms with Crippen molar-refractivity contribution in [3.05, 3.63) is 84.0 Å². The zero-order chi connectivity index (χ0) is 17.1. The number of carbonyl (C=O) groups excluding carboxylic acids is 1. The van der Waals surface area contributed by atoms with Crippen LogP contribution in [0, 0.1) is 0 Å². The molecule has 4 aromatic rings. The summed E-state index contributed by atoms with van der Waals surface area (Å²) in [6, 6.07) is 17.4. The fourth-order valence-corrected chi connectivity index (χ4v) is 3.28. The molecule has 2 aromatic carbocycles. The number of nitrogens with zero attached hydrogens (tertiary/aromatic N) is 2. The minimum absolute atomic E-state index is 0.169. The largest absolute Gasteiger partial charge is 0.322 e. The Balaban J connectivity index is 1.57. The Bertz CT molecular complexity index is 1020. The molecular weight excluding hydrogens is 330 g/mol. The van der Waals surface area contributed by atoms with E-state index in [1.807, 2.05) is 76.8 Å². The maximum Gasteiger partial charge on any atom is 0.248 e. The molecule has 0 aliphatic rings. The highest BCUT2D eigenvalue weighted by Crippen LogP contribution is 2.28. The number of para-hydroxylation sites is 1. The Labute approximate surface area is 149 Å². The van der Waals surface area contributed by atoms with Crippen molar-refractivity contribution in [2.75, 3.05) is 5.32 Å². The van der Waals surface area contributed by atoms with Gasteiger partial charge in [0.2, 0.25) is 5.91 Å². The zero-order valence-electron chi connectivity index (χ0n) is 13.3. The molecular formula is C20H15N3OS. The van der Waals surface area contributed by atoms with Crippen molar-refractivity contribution in [2.24, 2.45) is 0 Å². The summed E-state index contributed by atoms with van der Waals surface area (Å²) >= 11 is 1.58. The summed E-state index contributed by atoms with van der Waals surface area (Å²) in [5.74, 6) is -0.169. The van der Waals surface area contributed by atoms with Crippen LogP contribution in [-0.4, -0.2) is 15.3 Å². The number of amides is 1. The van der Waals surface area contributed by atoms with Crippen LogP contribution in [0.3, 0.4) is 0 Å². The summed E-state index contributed by atoms with van der Waals surface area (Å²) in [5.41, 5.74) is 3.48. The minimum atomic E-state index is -0.169. The first-order valence-corrected chi connectivity index (χ1v) is 8.73. The lowest BCUT2D eigenvalue weighted by molar-refractivity contribution is -0.111. The monoisotopic (exact) mass is 345 g/mol. The Kier molecular flexibility index (Phi) is 4.14. The van der Waals surface area contributed by atoms with Gasteiger partial charge in [-0.3, -0.25) is 9.20 Å². The summed E-state index contributed by atoms with van der Waals surface area (Å²) in [4.78, 5) is 17.8. The Hall–Kier alpha value is -3.18. The standard InChI is InChI=1S/C20H15N3OS/c24-19(11-10-15-6-2-1-3-7-15)21-17-9-5-4-8-16(17)18-14-23-12-13-25-20(23)22-18/h1-14H,(H,21,24)/b11-10+. The smallest absolute Gasteiger partial charge is 0.248 e. The number of nitrogens with one attached hydrogen (secondary N) is 1. The van der Waals surface area contributed by atoms with Gasteiger partial charge in [-0.25, -0.2) is 4.98 Å². The van der Waals surface area contributed by atoms with Crippen molar-refractivity contribution in [3.63, 3.8) is 0 Å². The van der Waals surface area contributed by atoms with E-state index >= 15 is 0 Å². The Morgan fingerprint density at radius 3 is 2.72 bits per heavy atom. The second-order valence-electron chi connectivity index (χ2n) is 5.50. The number of thiazole rings is 1. The van der Waals surface area contributed by atoms with Crippen molar-refractivity contribution in [3.8, 4) is 11.3 Å². The van der Waals surface area contributed by atoms with E-state index in [-0.39, 0.29) is 5.91 Å². The van der Waals surface area contributed by atoms with Crippen molar-refractivity contribution in [1.29, 1.82) is 0 Å². The summed E-state index contributed by atoms with van der Waals surface area (Å²) < 4.78 is 1.98. The highest BCUT2D eigenvalue weighted by atomic mass is 32.1. The van der Waals surface area contributed by atoms with E-state index in [2.05, 4.69) is 10.3 Å². The van der Waals surface area contributed by atoms with Crippen LogP contribution >= 0.6 is 11.3 Å². The van der Waals surface area contributed by atoms with Gasteiger partial charge in [-0.1, -0.05) is 48.5 Å². The first kappa shape index (κ1) is 15.4. The minimum Gasteiger partial charge on any atom is -0.322 e. The molecule has 0 fully saturated rings. The fourth-order valence-electron chi connectivity index (χ4n) is 2.58. The summed E-state index contributed by atoms with van der Waals surface area (Å²) in [6.45, 7) is 0. The molecule has 5 heteroatoms. The topological polar surface area (TPSA) is 46.4 Å². The quantitative estimate of drug-likeness (QED) is 0.544. The van der Waals surface area contributed by atoms with Gasteiger partial charge < -0.3 is 5.32 Å². The summed E-state index contributed by atoms with van der Waals surface area (Å²) in [7, 11) is 0. The van der Waals surface area contributed by atoms with Gasteiger partial charge in [0.15, 0.2) is 4.96 Å². The van der Waals surface area contributed by atoms with E-state index in [4.69, 9.17) is 0 Å². The van der Waals surface area contributed by atoms with Crippen LogP contribution in [-0.2, 0) is 4.79 Å². The van der Waals surface area contributed by atoms with Gasteiger partial charge in [-0.15, -0.1) is 11.3 Å². The lowest BCUT2D eigenvalue weighted by atomic mass is 10.1. The van der Waals surface area contributed by atoms with E-state index in [1.165, 1.54) is 6.08 Å². The lowest BCUT2D eigenvalue weighted by Crippen LogP contribution is -2.08. The van der Waals surface area contributed by atoms with Crippen LogP contribution in [0.2, 0.25) is 0 Å². The van der Waals surface area contributed by atoms with Gasteiger partial charge in [0.25, 0.3) is 0 Å². The molecule has 122 valence electrons. The van der Waals surface area contributed by atoms with Gasteiger partial charge in [0.1, 0.15) is 0 Å². The predicted octanol–water partition coefficient (Wildman–Crippen LogP) is 4.71. The summed E-state index contributed by atoms with van der Waals surface area (Å²) in [6.07, 6.45) is 7.28. The van der Waals surface area contributed by atoms with Crippen LogP contribution < -0.4 is 5.32 Å². The molecule has 2 aromatic heterocycles. The third-order valence-corrected chi connectivity index (χ3v) is 4.55. The van der Waals surface area contributed by atoms with Crippen molar-refractivity contribution < 1.29 is 4.79 Å². The Morgan fingerprint density at radius 2 is 1.88 bits per heavy atom. The van der Waals surface area contributed by atoms with Crippen LogP contribution in [0.1, 0.15) is 5.56 Å². The van der Waals surface area contributed by atoms with Crippen molar-refractivity contribution in [1.82, 2.24) is 9.38 Å². The highest BCUT2D eigenvalue weighted by Gasteiger charge is 2.10. The van der Waals surface area contributed by atoms with Gasteiger partial charge in [-0.05, 0) is 17.7 Å². The lowest BCUT2D eigenvalue weighted by Gasteiger charge is -2.07. The maximum atomic E-state index is 12.3. The fraction of sp³-hybridized carbons (Fsp3) is 0. The predicted molar refractivity (Wildman–Crippen MR) is 103 cm³/mol. The number of fused-ring (bicyclic) bond motifs is 1. The molecule has 25 heavy (non-hydrogen) atoms. The number of benzene rings is 2. The zero-order valence-corrected chi connectivity index (χ0v) is 14.1. The van der Waals surface area contributed by atoms with Gasteiger partial charge in [0, 0.05) is 29.4 Å². The molecule has 0 spiro atoms. The number of anilines is 1. The number of hydrogen-bond donors (Lipinski definition) is 1. The normalized spacial score (nSPS) is 11.2. The van der Waals surface area contributed by atoms with Crippen LogP contribution in [0.4, 0.5) is 5.69 Å². The second kappa shape index (κ2) is 6.75. The van der Waals surface area contributed by atoms with Crippen molar-refractivity contribution in [2.45, 2.75) is 0 Å². The average molecular weight is 345 g/mol. The van der Waals surface area contributed by atoms with E-state index in [0.717, 1.165) is 27.5 Å². The third-order valence-electron chi connectivity index (χ3n) is 3.78. The molecule has 0 radical (unpaired) electrons. The molecule has 4 nitrogen and oxygen atoms in total. The molecule has 0 saturated carbocycles. The molecule has 0 aliphatic heterocycles. The number of imidazole rings is 1. The first-order valence-electron chi connectivity index (χ1n) is 7.85.